The van der Waals surface area contributed by atoms with Gasteiger partial charge in [-0.1, -0.05) is 26.2 Å². The Bertz CT molecular complexity index is 253. The van der Waals surface area contributed by atoms with E-state index in [4.69, 9.17) is 0 Å². The van der Waals surface area contributed by atoms with Crippen LogP contribution >= 0.6 is 12.8 Å². The molecule has 2 fully saturated rings. The van der Waals surface area contributed by atoms with Crippen molar-refractivity contribution in [3.63, 3.8) is 0 Å². The zero-order valence-corrected chi connectivity index (χ0v) is 10.9. The molecule has 0 radical (unpaired) electrons. The van der Waals surface area contributed by atoms with Crippen molar-refractivity contribution in [3.05, 3.63) is 0 Å². The number of hydrogen-bond donors (Lipinski definition) is 2. The number of hydrogen-bond acceptors (Lipinski definition) is 3. The fourth-order valence-electron chi connectivity index (χ4n) is 2.80. The molecule has 1 aliphatic carbocycles. The van der Waals surface area contributed by atoms with Crippen LogP contribution in [-0.4, -0.2) is 29.9 Å². The van der Waals surface area contributed by atoms with Crippen LogP contribution in [0.1, 0.15) is 39.0 Å². The normalized spacial score (nSPS) is 31.2. The molecular formula is C12H22N2OS. The molecule has 1 heterocycles. The van der Waals surface area contributed by atoms with Crippen molar-refractivity contribution < 1.29 is 4.79 Å². The van der Waals surface area contributed by atoms with Crippen LogP contribution in [0.4, 0.5) is 0 Å². The molecule has 1 N–H and O–H groups in total. The van der Waals surface area contributed by atoms with Crippen LogP contribution in [0.15, 0.2) is 0 Å². The summed E-state index contributed by atoms with van der Waals surface area (Å²) in [6, 6.07) is 0.425. The third-order valence-electron chi connectivity index (χ3n) is 4.05. The first-order valence-corrected chi connectivity index (χ1v) is 6.87. The highest BCUT2D eigenvalue weighted by Crippen LogP contribution is 2.29. The van der Waals surface area contributed by atoms with Gasteiger partial charge in [0.15, 0.2) is 0 Å². The molecular weight excluding hydrogens is 220 g/mol. The summed E-state index contributed by atoms with van der Waals surface area (Å²) < 4.78 is 3.01. The predicted molar refractivity (Wildman–Crippen MR) is 68.2 cm³/mol. The average molecular weight is 242 g/mol. The van der Waals surface area contributed by atoms with E-state index in [2.05, 4.69) is 24.5 Å². The molecule has 1 aliphatic heterocycles. The number of rotatable bonds is 3. The van der Waals surface area contributed by atoms with Crippen molar-refractivity contribution in [3.8, 4) is 0 Å². The Balaban J connectivity index is 1.81. The quantitative estimate of drug-likeness (QED) is 0.740. The fourth-order valence-corrected chi connectivity index (χ4v) is 3.03. The molecule has 0 aromatic heterocycles. The molecule has 16 heavy (non-hydrogen) atoms. The van der Waals surface area contributed by atoms with E-state index in [9.17, 15) is 4.79 Å². The third kappa shape index (κ3) is 2.54. The zero-order valence-electron chi connectivity index (χ0n) is 9.98. The summed E-state index contributed by atoms with van der Waals surface area (Å²) in [5.41, 5.74) is 0. The highest BCUT2D eigenvalue weighted by molar-refractivity contribution is 7.78. The molecule has 0 aromatic rings. The highest BCUT2D eigenvalue weighted by atomic mass is 32.1. The number of carbonyl (C=O) groups is 1. The van der Waals surface area contributed by atoms with Crippen LogP contribution in [0.5, 0.6) is 0 Å². The number of amides is 1. The minimum absolute atomic E-state index is 0.246. The Labute approximate surface area is 104 Å². The number of nitrogens with one attached hydrogen (secondary N) is 1. The number of thiol groups is 1. The van der Waals surface area contributed by atoms with Crippen molar-refractivity contribution in [2.75, 3.05) is 13.1 Å². The molecule has 2 atom stereocenters. The topological polar surface area (TPSA) is 32.3 Å². The Morgan fingerprint density at radius 3 is 2.81 bits per heavy atom. The van der Waals surface area contributed by atoms with Crippen LogP contribution < -0.4 is 4.72 Å². The smallest absolute Gasteiger partial charge is 0.225 e. The second-order valence-electron chi connectivity index (χ2n) is 5.21. The second-order valence-corrected chi connectivity index (χ2v) is 5.47. The van der Waals surface area contributed by atoms with Gasteiger partial charge >= 0.3 is 0 Å². The molecule has 0 aromatic carbocycles. The summed E-state index contributed by atoms with van der Waals surface area (Å²) in [6.45, 7) is 4.18. The van der Waals surface area contributed by atoms with Crippen LogP contribution in [0.3, 0.4) is 0 Å². The number of likely N-dealkylation sites (tertiary alicyclic amines) is 1. The summed E-state index contributed by atoms with van der Waals surface area (Å²) in [4.78, 5) is 14.2. The van der Waals surface area contributed by atoms with E-state index in [0.717, 1.165) is 44.7 Å². The molecule has 1 amide bonds. The monoisotopic (exact) mass is 242 g/mol. The van der Waals surface area contributed by atoms with E-state index in [1.165, 1.54) is 6.42 Å². The molecule has 1 saturated carbocycles. The molecule has 0 bridgehead atoms. The van der Waals surface area contributed by atoms with Crippen molar-refractivity contribution in [1.29, 1.82) is 0 Å². The van der Waals surface area contributed by atoms with Gasteiger partial charge in [0, 0.05) is 25.0 Å². The number of carbonyl (C=O) groups excluding carboxylic acids is 1. The van der Waals surface area contributed by atoms with Gasteiger partial charge in [-0.2, -0.15) is 0 Å². The molecule has 3 nitrogen and oxygen atoms in total. The molecule has 2 unspecified atom stereocenters. The molecule has 2 rings (SSSR count). The lowest BCUT2D eigenvalue weighted by Gasteiger charge is -2.42. The maximum Gasteiger partial charge on any atom is 0.225 e. The molecule has 1 saturated heterocycles. The molecule has 4 heteroatoms. The van der Waals surface area contributed by atoms with Gasteiger partial charge in [-0.15, -0.1) is 0 Å². The fraction of sp³-hybridized carbons (Fsp3) is 0.917. The van der Waals surface area contributed by atoms with E-state index >= 15 is 0 Å². The van der Waals surface area contributed by atoms with Gasteiger partial charge < -0.3 is 4.90 Å². The predicted octanol–water partition coefficient (Wildman–Crippen LogP) is 1.85. The van der Waals surface area contributed by atoms with Gasteiger partial charge in [-0.25, -0.2) is 0 Å². The Hall–Kier alpha value is -0.220. The van der Waals surface area contributed by atoms with Crippen LogP contribution in [0.2, 0.25) is 0 Å². The van der Waals surface area contributed by atoms with Gasteiger partial charge in [0.05, 0.1) is 0 Å². The van der Waals surface area contributed by atoms with Gasteiger partial charge in [0.25, 0.3) is 0 Å². The molecule has 92 valence electrons. The lowest BCUT2D eigenvalue weighted by atomic mass is 9.84. The summed E-state index contributed by atoms with van der Waals surface area (Å²) in [6.07, 6.45) is 5.55. The Morgan fingerprint density at radius 2 is 2.19 bits per heavy atom. The van der Waals surface area contributed by atoms with E-state index in [1.807, 2.05) is 4.90 Å². The summed E-state index contributed by atoms with van der Waals surface area (Å²) in [5, 5.41) is 0. The standard InChI is InChI=1S/C12H22N2OS/c1-2-9-7-14(8-9)12(15)10-4-3-5-11(6-10)13-16/h9-11,13,16H,2-8H2,1H3. The van der Waals surface area contributed by atoms with Gasteiger partial charge in [0.2, 0.25) is 5.91 Å². The SMILES string of the molecule is CCC1CN(C(=O)C2CCCC(NS)C2)C1. The minimum Gasteiger partial charge on any atom is -0.342 e. The average Bonchev–Trinajstić information content (AvgIpc) is 2.27. The third-order valence-corrected chi connectivity index (χ3v) is 4.42. The molecule has 2 aliphatic rings. The van der Waals surface area contributed by atoms with E-state index in [0.29, 0.717) is 11.9 Å². The Kier molecular flexibility index (Phi) is 4.14. The van der Waals surface area contributed by atoms with Gasteiger partial charge in [0.1, 0.15) is 0 Å². The lowest BCUT2D eigenvalue weighted by Crippen LogP contribution is -2.52. The molecule has 0 spiro atoms. The van der Waals surface area contributed by atoms with Crippen molar-refractivity contribution >= 4 is 18.7 Å². The van der Waals surface area contributed by atoms with Crippen LogP contribution in [0, 0.1) is 11.8 Å². The summed E-state index contributed by atoms with van der Waals surface area (Å²) >= 11 is 4.12. The van der Waals surface area contributed by atoms with Gasteiger partial charge in [-0.05, 0) is 31.6 Å². The number of nitrogens with zero attached hydrogens (tertiary/aromatic N) is 1. The Morgan fingerprint density at radius 1 is 1.44 bits per heavy atom. The van der Waals surface area contributed by atoms with E-state index in [-0.39, 0.29) is 5.92 Å². The second kappa shape index (κ2) is 5.41. The van der Waals surface area contributed by atoms with Crippen LogP contribution in [0.25, 0.3) is 0 Å². The van der Waals surface area contributed by atoms with Crippen molar-refractivity contribution in [2.24, 2.45) is 11.8 Å². The summed E-state index contributed by atoms with van der Waals surface area (Å²) in [5.74, 6) is 1.39. The van der Waals surface area contributed by atoms with Crippen molar-refractivity contribution in [1.82, 2.24) is 9.62 Å². The minimum atomic E-state index is 0.246. The van der Waals surface area contributed by atoms with E-state index in [1.54, 1.807) is 0 Å². The van der Waals surface area contributed by atoms with Crippen molar-refractivity contribution in [2.45, 2.75) is 45.1 Å². The highest BCUT2D eigenvalue weighted by Gasteiger charge is 2.35. The lowest BCUT2D eigenvalue weighted by molar-refractivity contribution is -0.143. The van der Waals surface area contributed by atoms with Gasteiger partial charge in [-0.3, -0.25) is 9.52 Å². The first kappa shape index (κ1) is 12.2. The first-order valence-electron chi connectivity index (χ1n) is 6.43. The zero-order chi connectivity index (χ0) is 11.5. The summed E-state index contributed by atoms with van der Waals surface area (Å²) in [7, 11) is 0. The maximum absolute atomic E-state index is 12.2. The first-order chi connectivity index (χ1) is 7.74. The largest absolute Gasteiger partial charge is 0.342 e. The van der Waals surface area contributed by atoms with E-state index < -0.39 is 0 Å². The van der Waals surface area contributed by atoms with Crippen LogP contribution in [-0.2, 0) is 4.79 Å². The maximum atomic E-state index is 12.2.